The zero-order valence-corrected chi connectivity index (χ0v) is 16.5. The topological polar surface area (TPSA) is 73.8 Å². The monoisotopic (exact) mass is 408 g/mol. The van der Waals surface area contributed by atoms with Crippen molar-refractivity contribution in [1.82, 2.24) is 10.2 Å². The van der Waals surface area contributed by atoms with Gasteiger partial charge in [0.15, 0.2) is 0 Å². The Labute approximate surface area is 174 Å². The number of benzene rings is 2. The highest BCUT2D eigenvalue weighted by Crippen LogP contribution is 2.23. The molecule has 7 heteroatoms. The number of halogens is 1. The number of aliphatic imine (C=N–C) groups is 1. The van der Waals surface area contributed by atoms with Crippen LogP contribution in [0, 0.1) is 0 Å². The molecule has 6 nitrogen and oxygen atoms in total. The van der Waals surface area contributed by atoms with Crippen molar-refractivity contribution in [3.8, 4) is 0 Å². The van der Waals surface area contributed by atoms with Gasteiger partial charge in [-0.25, -0.2) is 4.99 Å². The summed E-state index contributed by atoms with van der Waals surface area (Å²) >= 11 is 5.85. The third kappa shape index (κ3) is 4.66. The number of anilines is 1. The van der Waals surface area contributed by atoms with Crippen molar-refractivity contribution in [2.24, 2.45) is 4.99 Å². The highest BCUT2D eigenvalue weighted by molar-refractivity contribution is 6.30. The van der Waals surface area contributed by atoms with Gasteiger partial charge in [0.25, 0.3) is 5.91 Å². The second-order valence-electron chi connectivity index (χ2n) is 7.01. The Morgan fingerprint density at radius 2 is 1.93 bits per heavy atom. The van der Waals surface area contributed by atoms with Crippen LogP contribution in [0.3, 0.4) is 0 Å². The fourth-order valence-electron chi connectivity index (χ4n) is 3.43. The summed E-state index contributed by atoms with van der Waals surface area (Å²) in [4.78, 5) is 31.0. The van der Waals surface area contributed by atoms with E-state index in [-0.39, 0.29) is 18.2 Å². The second-order valence-corrected chi connectivity index (χ2v) is 7.44. The summed E-state index contributed by atoms with van der Waals surface area (Å²) < 4.78 is 0. The number of rotatable bonds is 4. The van der Waals surface area contributed by atoms with Gasteiger partial charge in [0.2, 0.25) is 11.9 Å². The number of carbonyl (C=O) groups is 2. The van der Waals surface area contributed by atoms with Crippen molar-refractivity contribution >= 4 is 40.6 Å². The average molecular weight is 409 g/mol. The smallest absolute Gasteiger partial charge is 0.252 e. The Morgan fingerprint density at radius 3 is 2.62 bits per heavy atom. The molecule has 0 spiro atoms. The minimum absolute atomic E-state index is 0.00307. The number of carbonyl (C=O) groups excluding carboxylic acids is 2. The molecule has 4 rings (SSSR count). The molecule has 29 heavy (non-hydrogen) atoms. The Morgan fingerprint density at radius 1 is 1.17 bits per heavy atom. The molecular weight excluding hydrogens is 388 g/mol. The largest absolute Gasteiger partial charge is 0.339 e. The first-order chi connectivity index (χ1) is 14.1. The van der Waals surface area contributed by atoms with E-state index in [1.165, 1.54) is 11.1 Å². The summed E-state index contributed by atoms with van der Waals surface area (Å²) in [5, 5.41) is 6.18. The Kier molecular flexibility index (Phi) is 5.62. The van der Waals surface area contributed by atoms with Crippen LogP contribution < -0.4 is 10.6 Å². The number of hydrogen-bond acceptors (Lipinski definition) is 4. The molecule has 0 saturated heterocycles. The molecule has 2 aromatic rings. The summed E-state index contributed by atoms with van der Waals surface area (Å²) in [5.74, 6) is 0.0362. The van der Waals surface area contributed by atoms with E-state index in [1.807, 2.05) is 23.1 Å². The molecule has 0 bridgehead atoms. The number of nitrogens with zero attached hydrogens (tertiary/aromatic N) is 2. The molecule has 148 valence electrons. The third-order valence-corrected chi connectivity index (χ3v) is 5.23. The quantitative estimate of drug-likeness (QED) is 0.815. The van der Waals surface area contributed by atoms with Gasteiger partial charge in [-0.3, -0.25) is 14.9 Å². The number of nitrogens with one attached hydrogen (secondary N) is 2. The highest BCUT2D eigenvalue weighted by Gasteiger charge is 2.31. The molecule has 2 heterocycles. The molecular formula is C22H21ClN4O2. The van der Waals surface area contributed by atoms with E-state index >= 15 is 0 Å². The fraction of sp³-hybridized carbons (Fsp3) is 0.227. The normalized spacial score (nSPS) is 18.7. The Balaban J connectivity index is 1.36. The maximum absolute atomic E-state index is 12.3. The van der Waals surface area contributed by atoms with Crippen LogP contribution in [0.4, 0.5) is 5.69 Å². The first-order valence-corrected chi connectivity index (χ1v) is 9.90. The maximum atomic E-state index is 12.3. The number of hydrogen-bond donors (Lipinski definition) is 2. The predicted octanol–water partition coefficient (Wildman–Crippen LogP) is 3.31. The van der Waals surface area contributed by atoms with Crippen molar-refractivity contribution in [3.63, 3.8) is 0 Å². The summed E-state index contributed by atoms with van der Waals surface area (Å²) in [6.45, 7) is 1.44. The molecule has 2 amide bonds. The summed E-state index contributed by atoms with van der Waals surface area (Å²) in [5.41, 5.74) is 3.16. The predicted molar refractivity (Wildman–Crippen MR) is 115 cm³/mol. The van der Waals surface area contributed by atoms with Crippen molar-refractivity contribution in [3.05, 3.63) is 71.3 Å². The minimum Gasteiger partial charge on any atom is -0.339 e. The molecule has 0 fully saturated rings. The number of guanidine groups is 1. The zero-order valence-electron chi connectivity index (χ0n) is 15.8. The van der Waals surface area contributed by atoms with Crippen LogP contribution in [0.2, 0.25) is 5.02 Å². The first-order valence-electron chi connectivity index (χ1n) is 9.52. The van der Waals surface area contributed by atoms with Crippen LogP contribution in [0.1, 0.15) is 18.4 Å². The van der Waals surface area contributed by atoms with E-state index in [9.17, 15) is 9.59 Å². The standard InChI is InChI=1S/C22H21ClN4O2/c23-17-6-8-18(9-7-17)24-20(28)14-19-21(29)26-22(25-19)27-12-10-16(11-13-27)15-4-2-1-3-5-15/h1-10,19H,11-14H2,(H,24,28)(H,25,26,29). The van der Waals surface area contributed by atoms with Gasteiger partial charge in [-0.05, 0) is 41.8 Å². The average Bonchev–Trinajstić information content (AvgIpc) is 3.10. The second kappa shape index (κ2) is 8.49. The van der Waals surface area contributed by atoms with Gasteiger partial charge in [0.05, 0.1) is 6.42 Å². The van der Waals surface area contributed by atoms with Crippen LogP contribution in [-0.2, 0) is 9.59 Å². The molecule has 1 atom stereocenters. The van der Waals surface area contributed by atoms with Crippen LogP contribution in [0.15, 0.2) is 65.7 Å². The molecule has 2 aliphatic heterocycles. The van der Waals surface area contributed by atoms with Gasteiger partial charge < -0.3 is 10.2 Å². The first kappa shape index (κ1) is 19.2. The van der Waals surface area contributed by atoms with Gasteiger partial charge in [-0.15, -0.1) is 0 Å². The molecule has 2 aromatic carbocycles. The van der Waals surface area contributed by atoms with Crippen LogP contribution in [-0.4, -0.2) is 41.8 Å². The van der Waals surface area contributed by atoms with Crippen LogP contribution in [0.25, 0.3) is 5.57 Å². The van der Waals surface area contributed by atoms with Gasteiger partial charge in [0, 0.05) is 23.8 Å². The van der Waals surface area contributed by atoms with Crippen molar-refractivity contribution in [2.45, 2.75) is 18.9 Å². The fourth-order valence-corrected chi connectivity index (χ4v) is 3.55. The summed E-state index contributed by atoms with van der Waals surface area (Å²) in [6, 6.07) is 16.4. The molecule has 2 aliphatic rings. The summed E-state index contributed by atoms with van der Waals surface area (Å²) in [7, 11) is 0. The lowest BCUT2D eigenvalue weighted by atomic mass is 10.00. The van der Waals surface area contributed by atoms with E-state index in [0.717, 1.165) is 13.0 Å². The van der Waals surface area contributed by atoms with Crippen molar-refractivity contribution < 1.29 is 9.59 Å². The van der Waals surface area contributed by atoms with Gasteiger partial charge >= 0.3 is 0 Å². The molecule has 2 N–H and O–H groups in total. The van der Waals surface area contributed by atoms with Crippen LogP contribution >= 0.6 is 11.6 Å². The van der Waals surface area contributed by atoms with Gasteiger partial charge in [-0.1, -0.05) is 48.0 Å². The van der Waals surface area contributed by atoms with Crippen molar-refractivity contribution in [2.75, 3.05) is 18.4 Å². The lowest BCUT2D eigenvalue weighted by molar-refractivity contribution is -0.123. The van der Waals surface area contributed by atoms with E-state index in [4.69, 9.17) is 11.6 Å². The Bertz CT molecular complexity index is 970. The highest BCUT2D eigenvalue weighted by atomic mass is 35.5. The molecule has 0 aromatic heterocycles. The van der Waals surface area contributed by atoms with E-state index < -0.39 is 6.04 Å². The SMILES string of the molecule is O=C(CC1N=C(N2CC=C(c3ccccc3)CC2)NC1=O)Nc1ccc(Cl)cc1. The van der Waals surface area contributed by atoms with Crippen LogP contribution in [0.5, 0.6) is 0 Å². The van der Waals surface area contributed by atoms with Gasteiger partial charge in [0.1, 0.15) is 6.04 Å². The molecule has 1 unspecified atom stereocenters. The van der Waals surface area contributed by atoms with Gasteiger partial charge in [-0.2, -0.15) is 0 Å². The lowest BCUT2D eigenvalue weighted by Gasteiger charge is -2.27. The number of amides is 2. The zero-order chi connectivity index (χ0) is 20.2. The lowest BCUT2D eigenvalue weighted by Crippen LogP contribution is -2.43. The molecule has 0 saturated carbocycles. The maximum Gasteiger partial charge on any atom is 0.252 e. The third-order valence-electron chi connectivity index (χ3n) is 4.98. The molecule has 0 aliphatic carbocycles. The van der Waals surface area contributed by atoms with E-state index in [0.29, 0.717) is 23.2 Å². The van der Waals surface area contributed by atoms with E-state index in [2.05, 4.69) is 33.8 Å². The molecule has 0 radical (unpaired) electrons. The van der Waals surface area contributed by atoms with Crippen molar-refractivity contribution in [1.29, 1.82) is 0 Å². The summed E-state index contributed by atoms with van der Waals surface area (Å²) in [6.07, 6.45) is 3.03. The Hall–Kier alpha value is -3.12. The van der Waals surface area contributed by atoms with E-state index in [1.54, 1.807) is 24.3 Å². The minimum atomic E-state index is -0.711.